The molecule has 1 heterocycles. The number of hydrogen-bond donors (Lipinski definition) is 1. The molecule has 3 heteroatoms. The van der Waals surface area contributed by atoms with Crippen LogP contribution in [0.3, 0.4) is 0 Å². The zero-order chi connectivity index (χ0) is 9.60. The van der Waals surface area contributed by atoms with Crippen molar-refractivity contribution in [2.45, 2.75) is 18.3 Å². The van der Waals surface area contributed by atoms with Gasteiger partial charge >= 0.3 is 0 Å². The van der Waals surface area contributed by atoms with Crippen molar-refractivity contribution < 1.29 is 4.42 Å². The topological polar surface area (TPSA) is 52.0 Å². The SMILES string of the molecule is NCC1(c2nc3ccccc3o2)CC1. The Morgan fingerprint density at radius 1 is 1.36 bits per heavy atom. The third-order valence-electron chi connectivity index (χ3n) is 2.99. The zero-order valence-corrected chi connectivity index (χ0v) is 7.86. The van der Waals surface area contributed by atoms with Crippen LogP contribution in [0.1, 0.15) is 18.7 Å². The van der Waals surface area contributed by atoms with E-state index >= 15 is 0 Å². The number of hydrogen-bond acceptors (Lipinski definition) is 3. The van der Waals surface area contributed by atoms with E-state index in [1.54, 1.807) is 0 Å². The predicted molar refractivity (Wildman–Crippen MR) is 54.0 cm³/mol. The fraction of sp³-hybridized carbons (Fsp3) is 0.364. The lowest BCUT2D eigenvalue weighted by Crippen LogP contribution is -2.19. The molecule has 1 aromatic heterocycles. The van der Waals surface area contributed by atoms with E-state index in [1.165, 1.54) is 0 Å². The Labute approximate surface area is 81.9 Å². The molecule has 0 saturated heterocycles. The summed E-state index contributed by atoms with van der Waals surface area (Å²) in [6.07, 6.45) is 2.21. The fourth-order valence-electron chi connectivity index (χ4n) is 1.76. The number of fused-ring (bicyclic) bond motifs is 1. The summed E-state index contributed by atoms with van der Waals surface area (Å²) in [6.45, 7) is 0.639. The fourth-order valence-corrected chi connectivity index (χ4v) is 1.76. The first-order valence-electron chi connectivity index (χ1n) is 4.90. The molecule has 0 atom stereocenters. The van der Waals surface area contributed by atoms with Crippen molar-refractivity contribution in [2.24, 2.45) is 5.73 Å². The summed E-state index contributed by atoms with van der Waals surface area (Å²) in [5.74, 6) is 0.821. The molecule has 3 nitrogen and oxygen atoms in total. The van der Waals surface area contributed by atoms with Crippen molar-refractivity contribution in [3.63, 3.8) is 0 Å². The molecular weight excluding hydrogens is 176 g/mol. The van der Waals surface area contributed by atoms with E-state index < -0.39 is 0 Å². The van der Waals surface area contributed by atoms with E-state index in [-0.39, 0.29) is 5.41 Å². The summed E-state index contributed by atoms with van der Waals surface area (Å²) < 4.78 is 5.70. The summed E-state index contributed by atoms with van der Waals surface area (Å²) in [4.78, 5) is 4.47. The molecule has 1 fully saturated rings. The number of rotatable bonds is 2. The predicted octanol–water partition coefficient (Wildman–Crippen LogP) is 1.82. The molecule has 1 saturated carbocycles. The van der Waals surface area contributed by atoms with Crippen molar-refractivity contribution >= 4 is 11.1 Å². The molecule has 0 aliphatic heterocycles. The molecule has 0 radical (unpaired) electrons. The third kappa shape index (κ3) is 0.990. The third-order valence-corrected chi connectivity index (χ3v) is 2.99. The molecule has 14 heavy (non-hydrogen) atoms. The van der Waals surface area contributed by atoms with E-state index in [9.17, 15) is 0 Å². The van der Waals surface area contributed by atoms with Gasteiger partial charge in [-0.05, 0) is 25.0 Å². The van der Waals surface area contributed by atoms with E-state index in [0.29, 0.717) is 6.54 Å². The lowest BCUT2D eigenvalue weighted by Gasteiger charge is -2.04. The summed E-state index contributed by atoms with van der Waals surface area (Å²) >= 11 is 0. The lowest BCUT2D eigenvalue weighted by molar-refractivity contribution is 0.462. The van der Waals surface area contributed by atoms with Gasteiger partial charge in [0.2, 0.25) is 5.89 Å². The maximum atomic E-state index is 5.72. The Morgan fingerprint density at radius 3 is 2.79 bits per heavy atom. The Morgan fingerprint density at radius 2 is 2.14 bits per heavy atom. The van der Waals surface area contributed by atoms with Crippen molar-refractivity contribution in [1.29, 1.82) is 0 Å². The van der Waals surface area contributed by atoms with Crippen molar-refractivity contribution in [2.75, 3.05) is 6.54 Å². The van der Waals surface area contributed by atoms with Gasteiger partial charge in [-0.1, -0.05) is 12.1 Å². The highest BCUT2D eigenvalue weighted by molar-refractivity contribution is 5.72. The second-order valence-corrected chi connectivity index (χ2v) is 3.97. The van der Waals surface area contributed by atoms with Gasteiger partial charge in [0, 0.05) is 6.54 Å². The molecule has 2 aromatic rings. The molecule has 72 valence electrons. The quantitative estimate of drug-likeness (QED) is 0.782. The first kappa shape index (κ1) is 8.00. The largest absolute Gasteiger partial charge is 0.440 e. The van der Waals surface area contributed by atoms with Crippen LogP contribution in [0.15, 0.2) is 28.7 Å². The van der Waals surface area contributed by atoms with Crippen LogP contribution in [0.5, 0.6) is 0 Å². The van der Waals surface area contributed by atoms with Crippen LogP contribution in [-0.4, -0.2) is 11.5 Å². The molecule has 3 rings (SSSR count). The lowest BCUT2D eigenvalue weighted by atomic mass is 10.1. The molecule has 0 bridgehead atoms. The number of aromatic nitrogens is 1. The van der Waals surface area contributed by atoms with Crippen molar-refractivity contribution in [3.8, 4) is 0 Å². The molecule has 2 N–H and O–H groups in total. The number of oxazole rings is 1. The van der Waals surface area contributed by atoms with Gasteiger partial charge in [0.15, 0.2) is 5.58 Å². The molecule has 0 unspecified atom stereocenters. The summed E-state index contributed by atoms with van der Waals surface area (Å²) in [5, 5.41) is 0. The van der Waals surface area contributed by atoms with Gasteiger partial charge in [-0.3, -0.25) is 0 Å². The molecule has 1 aliphatic carbocycles. The van der Waals surface area contributed by atoms with Gasteiger partial charge in [0.1, 0.15) is 5.52 Å². The van der Waals surface area contributed by atoms with Crippen LogP contribution in [0.4, 0.5) is 0 Å². The Kier molecular flexibility index (Phi) is 1.47. The first-order chi connectivity index (χ1) is 6.84. The van der Waals surface area contributed by atoms with Crippen LogP contribution >= 0.6 is 0 Å². The maximum absolute atomic E-state index is 5.72. The van der Waals surface area contributed by atoms with Gasteiger partial charge < -0.3 is 10.2 Å². The first-order valence-corrected chi connectivity index (χ1v) is 4.90. The minimum atomic E-state index is 0.0546. The average molecular weight is 188 g/mol. The number of benzene rings is 1. The van der Waals surface area contributed by atoms with Gasteiger partial charge in [0.25, 0.3) is 0 Å². The van der Waals surface area contributed by atoms with Crippen molar-refractivity contribution in [1.82, 2.24) is 4.98 Å². The Balaban J connectivity index is 2.15. The minimum absolute atomic E-state index is 0.0546. The summed E-state index contributed by atoms with van der Waals surface area (Å²) in [5.41, 5.74) is 7.57. The number of para-hydroxylation sites is 2. The van der Waals surface area contributed by atoms with E-state index in [4.69, 9.17) is 10.2 Å². The highest BCUT2D eigenvalue weighted by Crippen LogP contribution is 2.47. The number of nitrogens with two attached hydrogens (primary N) is 1. The van der Waals surface area contributed by atoms with Crippen LogP contribution < -0.4 is 5.73 Å². The van der Waals surface area contributed by atoms with Gasteiger partial charge in [-0.15, -0.1) is 0 Å². The van der Waals surface area contributed by atoms with E-state index in [0.717, 1.165) is 29.8 Å². The van der Waals surface area contributed by atoms with E-state index in [2.05, 4.69) is 4.98 Å². The van der Waals surface area contributed by atoms with E-state index in [1.807, 2.05) is 24.3 Å². The molecule has 0 spiro atoms. The Bertz CT molecular complexity index is 438. The molecule has 1 aliphatic rings. The minimum Gasteiger partial charge on any atom is -0.440 e. The van der Waals surface area contributed by atoms with Gasteiger partial charge in [-0.25, -0.2) is 4.98 Å². The second kappa shape index (κ2) is 2.58. The number of nitrogens with zero attached hydrogens (tertiary/aromatic N) is 1. The summed E-state index contributed by atoms with van der Waals surface area (Å²) in [7, 11) is 0. The zero-order valence-electron chi connectivity index (χ0n) is 7.86. The van der Waals surface area contributed by atoms with Crippen LogP contribution in [0.25, 0.3) is 11.1 Å². The monoisotopic (exact) mass is 188 g/mol. The smallest absolute Gasteiger partial charge is 0.202 e. The molecule has 1 aromatic carbocycles. The highest BCUT2D eigenvalue weighted by atomic mass is 16.3. The average Bonchev–Trinajstić information content (AvgIpc) is 2.91. The van der Waals surface area contributed by atoms with Crippen LogP contribution in [0.2, 0.25) is 0 Å². The highest BCUT2D eigenvalue weighted by Gasteiger charge is 2.47. The maximum Gasteiger partial charge on any atom is 0.202 e. The van der Waals surface area contributed by atoms with Crippen LogP contribution in [-0.2, 0) is 5.41 Å². The second-order valence-electron chi connectivity index (χ2n) is 3.97. The van der Waals surface area contributed by atoms with Crippen LogP contribution in [0, 0.1) is 0 Å². The molecule has 0 amide bonds. The van der Waals surface area contributed by atoms with Gasteiger partial charge in [-0.2, -0.15) is 0 Å². The molecular formula is C11H12N2O. The standard InChI is InChI=1S/C11H12N2O/c12-7-11(5-6-11)10-13-8-3-1-2-4-9(8)14-10/h1-4H,5-7,12H2. The van der Waals surface area contributed by atoms with Gasteiger partial charge in [0.05, 0.1) is 5.41 Å². The normalized spacial score (nSPS) is 18.6. The Hall–Kier alpha value is -1.35. The van der Waals surface area contributed by atoms with Crippen molar-refractivity contribution in [3.05, 3.63) is 30.2 Å². The summed E-state index contributed by atoms with van der Waals surface area (Å²) in [6, 6.07) is 7.84.